The smallest absolute Gasteiger partial charge is 0.321 e. The van der Waals surface area contributed by atoms with Gasteiger partial charge >= 0.3 is 6.03 Å². The minimum atomic E-state index is 0.0509. The number of hydrogen-bond acceptors (Lipinski definition) is 1. The number of aryl methyl sites for hydroxylation is 1. The lowest BCUT2D eigenvalue weighted by molar-refractivity contribution is 0.245. The summed E-state index contributed by atoms with van der Waals surface area (Å²) in [5.74, 6) is 0.622. The Bertz CT molecular complexity index is 429. The summed E-state index contributed by atoms with van der Waals surface area (Å²) in [6, 6.07) is 8.31. The molecule has 1 aliphatic heterocycles. The molecule has 0 fully saturated rings. The van der Waals surface area contributed by atoms with Crippen molar-refractivity contribution in [3.63, 3.8) is 0 Å². The Morgan fingerprint density at radius 1 is 1.32 bits per heavy atom. The SMILES string of the molecule is CC(C)CCNC(=O)N1CCCCc2ccccc21. The van der Waals surface area contributed by atoms with Crippen molar-refractivity contribution in [2.45, 2.75) is 39.5 Å². The van der Waals surface area contributed by atoms with Crippen molar-refractivity contribution in [1.82, 2.24) is 5.32 Å². The molecule has 0 spiro atoms. The molecule has 104 valence electrons. The maximum atomic E-state index is 12.3. The van der Waals surface area contributed by atoms with E-state index in [2.05, 4.69) is 37.4 Å². The van der Waals surface area contributed by atoms with Crippen LogP contribution in [0, 0.1) is 5.92 Å². The monoisotopic (exact) mass is 260 g/mol. The molecular weight excluding hydrogens is 236 g/mol. The fourth-order valence-electron chi connectivity index (χ4n) is 2.47. The third-order valence-corrected chi connectivity index (χ3v) is 3.60. The zero-order chi connectivity index (χ0) is 13.7. The number of benzene rings is 1. The van der Waals surface area contributed by atoms with Crippen LogP contribution < -0.4 is 10.2 Å². The van der Waals surface area contributed by atoms with E-state index >= 15 is 0 Å². The van der Waals surface area contributed by atoms with Crippen LogP contribution in [-0.4, -0.2) is 19.1 Å². The van der Waals surface area contributed by atoms with E-state index in [9.17, 15) is 4.79 Å². The van der Waals surface area contributed by atoms with Gasteiger partial charge in [-0.2, -0.15) is 0 Å². The van der Waals surface area contributed by atoms with Crippen LogP contribution in [0.5, 0.6) is 0 Å². The lowest BCUT2D eigenvalue weighted by atomic mass is 10.1. The molecule has 1 N–H and O–H groups in total. The molecule has 1 aliphatic rings. The van der Waals surface area contributed by atoms with Crippen molar-refractivity contribution >= 4 is 11.7 Å². The molecule has 1 heterocycles. The summed E-state index contributed by atoms with van der Waals surface area (Å²) in [4.78, 5) is 14.2. The fraction of sp³-hybridized carbons (Fsp3) is 0.562. The zero-order valence-electron chi connectivity index (χ0n) is 12.0. The largest absolute Gasteiger partial charge is 0.338 e. The second kappa shape index (κ2) is 6.60. The predicted octanol–water partition coefficient (Wildman–Crippen LogP) is 3.59. The van der Waals surface area contributed by atoms with Crippen LogP contribution in [0.15, 0.2) is 24.3 Å². The zero-order valence-corrected chi connectivity index (χ0v) is 12.0. The predicted molar refractivity (Wildman–Crippen MR) is 79.6 cm³/mol. The van der Waals surface area contributed by atoms with E-state index in [4.69, 9.17) is 0 Å². The summed E-state index contributed by atoms with van der Waals surface area (Å²) in [6.07, 6.45) is 4.34. The molecule has 2 rings (SSSR count). The number of anilines is 1. The topological polar surface area (TPSA) is 32.3 Å². The highest BCUT2D eigenvalue weighted by molar-refractivity contribution is 5.92. The van der Waals surface area contributed by atoms with Gasteiger partial charge in [-0.15, -0.1) is 0 Å². The van der Waals surface area contributed by atoms with E-state index in [0.717, 1.165) is 44.5 Å². The van der Waals surface area contributed by atoms with E-state index in [-0.39, 0.29) is 6.03 Å². The van der Waals surface area contributed by atoms with Crippen LogP contribution in [0.2, 0.25) is 0 Å². The maximum Gasteiger partial charge on any atom is 0.321 e. The summed E-state index contributed by atoms with van der Waals surface area (Å²) >= 11 is 0. The fourth-order valence-corrected chi connectivity index (χ4v) is 2.47. The first-order chi connectivity index (χ1) is 9.18. The van der Waals surface area contributed by atoms with Crippen molar-refractivity contribution in [2.75, 3.05) is 18.0 Å². The van der Waals surface area contributed by atoms with Crippen LogP contribution in [0.3, 0.4) is 0 Å². The second-order valence-corrected chi connectivity index (χ2v) is 5.65. The Balaban J connectivity index is 2.04. The summed E-state index contributed by atoms with van der Waals surface area (Å²) in [6.45, 7) is 5.93. The van der Waals surface area contributed by atoms with Crippen LogP contribution in [-0.2, 0) is 6.42 Å². The third kappa shape index (κ3) is 3.72. The van der Waals surface area contributed by atoms with Gasteiger partial charge in [0.15, 0.2) is 0 Å². The number of carbonyl (C=O) groups is 1. The molecule has 0 aliphatic carbocycles. The van der Waals surface area contributed by atoms with Crippen LogP contribution in [0.25, 0.3) is 0 Å². The van der Waals surface area contributed by atoms with Gasteiger partial charge in [0.2, 0.25) is 0 Å². The van der Waals surface area contributed by atoms with Gasteiger partial charge in [0, 0.05) is 18.8 Å². The first-order valence-electron chi connectivity index (χ1n) is 7.31. The summed E-state index contributed by atoms with van der Waals surface area (Å²) in [7, 11) is 0. The van der Waals surface area contributed by atoms with Gasteiger partial charge in [0.1, 0.15) is 0 Å². The van der Waals surface area contributed by atoms with Crippen molar-refractivity contribution in [3.05, 3.63) is 29.8 Å². The van der Waals surface area contributed by atoms with Gasteiger partial charge in [-0.3, -0.25) is 4.90 Å². The van der Waals surface area contributed by atoms with E-state index in [1.54, 1.807) is 0 Å². The highest BCUT2D eigenvalue weighted by Gasteiger charge is 2.20. The second-order valence-electron chi connectivity index (χ2n) is 5.65. The molecule has 1 aromatic carbocycles. The molecule has 3 nitrogen and oxygen atoms in total. The van der Waals surface area contributed by atoms with Crippen molar-refractivity contribution < 1.29 is 4.79 Å². The van der Waals surface area contributed by atoms with Crippen molar-refractivity contribution in [1.29, 1.82) is 0 Å². The van der Waals surface area contributed by atoms with Crippen LogP contribution in [0.4, 0.5) is 10.5 Å². The molecule has 0 aromatic heterocycles. The number of para-hydroxylation sites is 1. The molecule has 1 aromatic rings. The Kier molecular flexibility index (Phi) is 4.83. The maximum absolute atomic E-state index is 12.3. The molecule has 2 amide bonds. The van der Waals surface area contributed by atoms with Gasteiger partial charge < -0.3 is 5.32 Å². The number of nitrogens with one attached hydrogen (secondary N) is 1. The quantitative estimate of drug-likeness (QED) is 0.885. The van der Waals surface area contributed by atoms with Gasteiger partial charge in [-0.1, -0.05) is 32.0 Å². The minimum absolute atomic E-state index is 0.0509. The number of amides is 2. The summed E-state index contributed by atoms with van der Waals surface area (Å²) in [5.41, 5.74) is 2.38. The number of urea groups is 1. The molecule has 0 saturated heterocycles. The number of fused-ring (bicyclic) bond motifs is 1. The lowest BCUT2D eigenvalue weighted by Crippen LogP contribution is -2.41. The van der Waals surface area contributed by atoms with Gasteiger partial charge in [0.25, 0.3) is 0 Å². The standard InChI is InChI=1S/C16H24N2O/c1-13(2)10-11-17-16(19)18-12-6-5-8-14-7-3-4-9-15(14)18/h3-4,7,9,13H,5-6,8,10-12H2,1-2H3,(H,17,19). The lowest BCUT2D eigenvalue weighted by Gasteiger charge is -2.23. The average molecular weight is 260 g/mol. The minimum Gasteiger partial charge on any atom is -0.338 e. The number of rotatable bonds is 3. The first kappa shape index (κ1) is 13.9. The number of nitrogens with zero attached hydrogens (tertiary/aromatic N) is 1. The first-order valence-corrected chi connectivity index (χ1v) is 7.31. The Labute approximate surface area is 116 Å². The van der Waals surface area contributed by atoms with Gasteiger partial charge in [0.05, 0.1) is 0 Å². The van der Waals surface area contributed by atoms with E-state index in [1.807, 2.05) is 11.0 Å². The normalized spacial score (nSPS) is 15.0. The molecule has 19 heavy (non-hydrogen) atoms. The molecule has 0 atom stereocenters. The molecule has 0 bridgehead atoms. The molecule has 0 unspecified atom stereocenters. The van der Waals surface area contributed by atoms with E-state index < -0.39 is 0 Å². The highest BCUT2D eigenvalue weighted by Crippen LogP contribution is 2.25. The molecule has 3 heteroatoms. The van der Waals surface area contributed by atoms with Crippen LogP contribution >= 0.6 is 0 Å². The Hall–Kier alpha value is -1.51. The summed E-state index contributed by atoms with van der Waals surface area (Å²) in [5, 5.41) is 3.04. The number of carbonyl (C=O) groups excluding carboxylic acids is 1. The van der Waals surface area contributed by atoms with E-state index in [1.165, 1.54) is 5.56 Å². The molecule has 0 saturated carbocycles. The van der Waals surface area contributed by atoms with Gasteiger partial charge in [-0.25, -0.2) is 4.79 Å². The average Bonchev–Trinajstić information content (AvgIpc) is 2.60. The van der Waals surface area contributed by atoms with Crippen LogP contribution in [0.1, 0.15) is 38.7 Å². The molecule has 0 radical (unpaired) electrons. The number of hydrogen-bond donors (Lipinski definition) is 1. The Morgan fingerprint density at radius 3 is 2.89 bits per heavy atom. The highest BCUT2D eigenvalue weighted by atomic mass is 16.2. The summed E-state index contributed by atoms with van der Waals surface area (Å²) < 4.78 is 0. The molecular formula is C16H24N2O. The third-order valence-electron chi connectivity index (χ3n) is 3.60. The van der Waals surface area contributed by atoms with Crippen molar-refractivity contribution in [3.8, 4) is 0 Å². The van der Waals surface area contributed by atoms with Gasteiger partial charge in [-0.05, 0) is 43.2 Å². The Morgan fingerprint density at radius 2 is 2.11 bits per heavy atom. The van der Waals surface area contributed by atoms with E-state index in [0.29, 0.717) is 5.92 Å². The van der Waals surface area contributed by atoms with Crippen molar-refractivity contribution in [2.24, 2.45) is 5.92 Å².